The van der Waals surface area contributed by atoms with E-state index in [4.69, 9.17) is 10.7 Å². The van der Waals surface area contributed by atoms with E-state index in [9.17, 15) is 10.1 Å². The zero-order valence-electron chi connectivity index (χ0n) is 12.0. The first-order chi connectivity index (χ1) is 10.6. The van der Waals surface area contributed by atoms with E-state index in [0.717, 1.165) is 32.4 Å². The molecular weight excluding hydrogens is 284 g/mol. The first kappa shape index (κ1) is 15.4. The van der Waals surface area contributed by atoms with Gasteiger partial charge >= 0.3 is 0 Å². The highest BCUT2D eigenvalue weighted by molar-refractivity contribution is 6.46. The van der Waals surface area contributed by atoms with Gasteiger partial charge in [0.2, 0.25) is 5.71 Å². The minimum atomic E-state index is -0.528. The highest BCUT2D eigenvalue weighted by Crippen LogP contribution is 2.23. The van der Waals surface area contributed by atoms with Crippen molar-refractivity contribution in [3.05, 3.63) is 34.4 Å². The SMILES string of the molecule is N#C/C(=N/Nc1ccccc1[N+](=O)[O-])C(=N)N1CCCCC1. The van der Waals surface area contributed by atoms with Crippen molar-refractivity contribution >= 4 is 22.9 Å². The molecule has 0 bridgehead atoms. The molecule has 0 aromatic heterocycles. The van der Waals surface area contributed by atoms with Crippen molar-refractivity contribution in [1.29, 1.82) is 10.7 Å². The van der Waals surface area contributed by atoms with Crippen LogP contribution in [0.5, 0.6) is 0 Å². The zero-order chi connectivity index (χ0) is 15.9. The number of nitro benzene ring substituents is 1. The minimum absolute atomic E-state index is 0.0493. The Kier molecular flexibility index (Phi) is 5.03. The van der Waals surface area contributed by atoms with Crippen LogP contribution in [0.25, 0.3) is 0 Å². The second-order valence-corrected chi connectivity index (χ2v) is 4.85. The van der Waals surface area contributed by atoms with E-state index in [2.05, 4.69) is 10.5 Å². The largest absolute Gasteiger partial charge is 0.355 e. The standard InChI is InChI=1S/C14H16N6O2/c15-10-12(14(16)19-8-4-1-5-9-19)18-17-11-6-2-3-7-13(11)20(21)22/h2-3,6-7,16-17H,1,4-5,8-9H2/b16-14?,18-12-. The van der Waals surface area contributed by atoms with E-state index in [1.54, 1.807) is 17.0 Å². The van der Waals surface area contributed by atoms with Crippen molar-refractivity contribution in [1.82, 2.24) is 4.90 Å². The van der Waals surface area contributed by atoms with Crippen molar-refractivity contribution in [2.45, 2.75) is 19.3 Å². The molecule has 8 heteroatoms. The highest BCUT2D eigenvalue weighted by atomic mass is 16.6. The fraction of sp³-hybridized carbons (Fsp3) is 0.357. The van der Waals surface area contributed by atoms with Gasteiger partial charge < -0.3 is 4.90 Å². The van der Waals surface area contributed by atoms with Gasteiger partial charge in [-0.1, -0.05) is 12.1 Å². The number of hydrogen-bond donors (Lipinski definition) is 2. The molecule has 1 aromatic rings. The maximum Gasteiger partial charge on any atom is 0.294 e. The molecule has 8 nitrogen and oxygen atoms in total. The van der Waals surface area contributed by atoms with Gasteiger partial charge in [-0.25, -0.2) is 0 Å². The van der Waals surface area contributed by atoms with E-state index in [-0.39, 0.29) is 22.9 Å². The molecule has 1 heterocycles. The lowest BCUT2D eigenvalue weighted by atomic mass is 10.1. The van der Waals surface area contributed by atoms with Gasteiger partial charge in [-0.05, 0) is 25.3 Å². The Balaban J connectivity index is 2.15. The predicted octanol–water partition coefficient (Wildman–Crippen LogP) is 2.35. The number of piperidine rings is 1. The van der Waals surface area contributed by atoms with Gasteiger partial charge in [0.15, 0.2) is 5.84 Å². The number of para-hydroxylation sites is 2. The van der Waals surface area contributed by atoms with Crippen LogP contribution in [0.2, 0.25) is 0 Å². The Morgan fingerprint density at radius 3 is 2.68 bits per heavy atom. The molecule has 0 saturated carbocycles. The monoisotopic (exact) mass is 300 g/mol. The molecule has 0 amide bonds. The number of hydrazone groups is 1. The number of hydrogen-bond acceptors (Lipinski definition) is 6. The third kappa shape index (κ3) is 3.58. The quantitative estimate of drug-likeness (QED) is 0.383. The Hall–Kier alpha value is -2.95. The second-order valence-electron chi connectivity index (χ2n) is 4.85. The second kappa shape index (κ2) is 7.17. The number of rotatable bonds is 4. The fourth-order valence-electron chi connectivity index (χ4n) is 2.24. The van der Waals surface area contributed by atoms with E-state index >= 15 is 0 Å². The van der Waals surface area contributed by atoms with E-state index < -0.39 is 4.92 Å². The minimum Gasteiger partial charge on any atom is -0.355 e. The summed E-state index contributed by atoms with van der Waals surface area (Å²) in [6.45, 7) is 1.45. The lowest BCUT2D eigenvalue weighted by Gasteiger charge is -2.27. The van der Waals surface area contributed by atoms with Crippen LogP contribution in [0, 0.1) is 26.9 Å². The van der Waals surface area contributed by atoms with Crippen LogP contribution in [-0.4, -0.2) is 34.5 Å². The highest BCUT2D eigenvalue weighted by Gasteiger charge is 2.19. The molecule has 1 aliphatic heterocycles. The van der Waals surface area contributed by atoms with Gasteiger partial charge in [0.25, 0.3) is 5.69 Å². The summed E-state index contributed by atoms with van der Waals surface area (Å²) in [5, 5.41) is 32.0. The zero-order valence-corrected chi connectivity index (χ0v) is 12.0. The number of nitrogens with zero attached hydrogens (tertiary/aromatic N) is 4. The molecule has 1 fully saturated rings. The van der Waals surface area contributed by atoms with Crippen LogP contribution >= 0.6 is 0 Å². The normalized spacial score (nSPS) is 15.0. The van der Waals surface area contributed by atoms with Gasteiger partial charge in [0.05, 0.1) is 4.92 Å². The topological polar surface area (TPSA) is 118 Å². The fourth-order valence-corrected chi connectivity index (χ4v) is 2.24. The first-order valence-electron chi connectivity index (χ1n) is 6.94. The maximum absolute atomic E-state index is 10.9. The average molecular weight is 300 g/mol. The summed E-state index contributed by atoms with van der Waals surface area (Å²) in [5.74, 6) is 0.0493. The molecule has 0 aliphatic carbocycles. The van der Waals surface area contributed by atoms with Gasteiger partial charge in [-0.15, -0.1) is 0 Å². The number of likely N-dealkylation sites (tertiary alicyclic amines) is 1. The summed E-state index contributed by atoms with van der Waals surface area (Å²) in [4.78, 5) is 12.2. The molecule has 1 saturated heterocycles. The van der Waals surface area contributed by atoms with E-state index in [0.29, 0.717) is 0 Å². The Morgan fingerprint density at radius 1 is 1.36 bits per heavy atom. The molecule has 2 N–H and O–H groups in total. The number of nitro groups is 1. The third-order valence-corrected chi connectivity index (χ3v) is 3.39. The first-order valence-corrected chi connectivity index (χ1v) is 6.94. The molecule has 1 aliphatic rings. The van der Waals surface area contributed by atoms with Crippen molar-refractivity contribution in [3.8, 4) is 6.07 Å². The lowest BCUT2D eigenvalue weighted by Crippen LogP contribution is -2.39. The summed E-state index contributed by atoms with van der Waals surface area (Å²) in [6, 6.07) is 7.90. The van der Waals surface area contributed by atoms with Gasteiger partial charge in [0.1, 0.15) is 11.8 Å². The smallest absolute Gasteiger partial charge is 0.294 e. The third-order valence-electron chi connectivity index (χ3n) is 3.39. The van der Waals surface area contributed by atoms with Crippen LogP contribution in [0.4, 0.5) is 11.4 Å². The summed E-state index contributed by atoms with van der Waals surface area (Å²) >= 11 is 0. The number of benzene rings is 1. The molecule has 1 aromatic carbocycles. The van der Waals surface area contributed by atoms with Gasteiger partial charge in [-0.2, -0.15) is 10.4 Å². The average Bonchev–Trinajstić information content (AvgIpc) is 2.56. The number of anilines is 1. The van der Waals surface area contributed by atoms with Crippen LogP contribution in [-0.2, 0) is 0 Å². The van der Waals surface area contributed by atoms with Crippen LogP contribution in [0.15, 0.2) is 29.4 Å². The summed E-state index contributed by atoms with van der Waals surface area (Å²) < 4.78 is 0. The molecular formula is C14H16N6O2. The molecule has 22 heavy (non-hydrogen) atoms. The molecule has 114 valence electrons. The van der Waals surface area contributed by atoms with E-state index in [1.165, 1.54) is 12.1 Å². The van der Waals surface area contributed by atoms with Gasteiger partial charge in [-0.3, -0.25) is 20.9 Å². The summed E-state index contributed by atoms with van der Waals surface area (Å²) in [6.07, 6.45) is 3.09. The van der Waals surface area contributed by atoms with Crippen molar-refractivity contribution in [2.24, 2.45) is 5.10 Å². The van der Waals surface area contributed by atoms with Crippen molar-refractivity contribution in [2.75, 3.05) is 18.5 Å². The van der Waals surface area contributed by atoms with Gasteiger partial charge in [0, 0.05) is 19.2 Å². The number of amidine groups is 1. The Labute approximate surface area is 127 Å². The molecule has 0 unspecified atom stereocenters. The maximum atomic E-state index is 10.9. The van der Waals surface area contributed by atoms with E-state index in [1.807, 2.05) is 6.07 Å². The Morgan fingerprint density at radius 2 is 2.05 bits per heavy atom. The molecule has 0 spiro atoms. The molecule has 0 radical (unpaired) electrons. The number of nitriles is 1. The summed E-state index contributed by atoms with van der Waals surface area (Å²) in [7, 11) is 0. The Bertz CT molecular complexity index is 643. The van der Waals surface area contributed by atoms with Crippen LogP contribution in [0.3, 0.4) is 0 Å². The van der Waals surface area contributed by atoms with Crippen LogP contribution in [0.1, 0.15) is 19.3 Å². The summed E-state index contributed by atoms with van der Waals surface area (Å²) in [5.41, 5.74) is 2.49. The predicted molar refractivity (Wildman–Crippen MR) is 82.9 cm³/mol. The number of nitrogens with one attached hydrogen (secondary N) is 2. The van der Waals surface area contributed by atoms with Crippen LogP contribution < -0.4 is 5.43 Å². The molecule has 0 atom stereocenters. The lowest BCUT2D eigenvalue weighted by molar-refractivity contribution is -0.384. The van der Waals surface area contributed by atoms with Crippen molar-refractivity contribution in [3.63, 3.8) is 0 Å². The van der Waals surface area contributed by atoms with Crippen molar-refractivity contribution < 1.29 is 4.92 Å². The molecule has 2 rings (SSSR count).